The van der Waals surface area contributed by atoms with E-state index in [-0.39, 0.29) is 6.61 Å². The summed E-state index contributed by atoms with van der Waals surface area (Å²) < 4.78 is 22.1. The van der Waals surface area contributed by atoms with Crippen molar-refractivity contribution < 1.29 is 49.3 Å². The van der Waals surface area contributed by atoms with Gasteiger partial charge in [0.2, 0.25) is 6.29 Å². The average molecular weight is 476 g/mol. The molecule has 1 saturated heterocycles. The van der Waals surface area contributed by atoms with E-state index in [0.717, 1.165) is 5.56 Å². The summed E-state index contributed by atoms with van der Waals surface area (Å²) in [7, 11) is 0. The fourth-order valence-electron chi connectivity index (χ4n) is 4.29. The van der Waals surface area contributed by atoms with Crippen molar-refractivity contribution in [3.63, 3.8) is 0 Å². The zero-order valence-electron chi connectivity index (χ0n) is 18.2. The molecule has 1 aromatic rings. The van der Waals surface area contributed by atoms with E-state index >= 15 is 0 Å². The molecule has 9 atom stereocenters. The highest BCUT2D eigenvalue weighted by molar-refractivity contribution is 5.87. The zero-order chi connectivity index (χ0) is 24.2. The van der Waals surface area contributed by atoms with E-state index in [1.807, 2.05) is 30.3 Å². The van der Waals surface area contributed by atoms with Gasteiger partial charge in [0.05, 0.1) is 24.9 Å². The number of hydrogen-bond donors (Lipinski definition) is 5. The van der Waals surface area contributed by atoms with Gasteiger partial charge in [-0.25, -0.2) is 4.79 Å². The summed E-state index contributed by atoms with van der Waals surface area (Å²) in [6.45, 7) is -0.722. The van der Waals surface area contributed by atoms with Crippen LogP contribution in [0.3, 0.4) is 0 Å². The van der Waals surface area contributed by atoms with E-state index in [4.69, 9.17) is 18.9 Å². The number of carbonyl (C=O) groups excluding carboxylic acids is 1. The Hall–Kier alpha value is -2.57. The Labute approximate surface area is 196 Å². The van der Waals surface area contributed by atoms with Gasteiger partial charge in [-0.1, -0.05) is 36.4 Å². The molecule has 1 aromatic carbocycles. The van der Waals surface area contributed by atoms with E-state index in [9.17, 15) is 30.3 Å². The topological polar surface area (TPSA) is 155 Å². The van der Waals surface area contributed by atoms with E-state index in [0.29, 0.717) is 5.57 Å². The molecule has 0 unspecified atom stereocenters. The molecule has 34 heavy (non-hydrogen) atoms. The van der Waals surface area contributed by atoms with Crippen molar-refractivity contribution in [2.24, 2.45) is 11.8 Å². The first kappa shape index (κ1) is 24.6. The minimum atomic E-state index is -1.61. The van der Waals surface area contributed by atoms with Crippen LogP contribution >= 0.6 is 0 Å². The molecular formula is C24H28O10. The predicted molar refractivity (Wildman–Crippen MR) is 116 cm³/mol. The monoisotopic (exact) mass is 476 g/mol. The lowest BCUT2D eigenvalue weighted by Gasteiger charge is -2.42. The van der Waals surface area contributed by atoms with Crippen molar-refractivity contribution in [1.82, 2.24) is 0 Å². The summed E-state index contributed by atoms with van der Waals surface area (Å²) in [5.41, 5.74) is 1.40. The van der Waals surface area contributed by atoms with Crippen LogP contribution in [0.25, 0.3) is 6.08 Å². The number of rotatable bonds is 7. The van der Waals surface area contributed by atoms with Gasteiger partial charge < -0.3 is 44.5 Å². The van der Waals surface area contributed by atoms with Crippen molar-refractivity contribution in [1.29, 1.82) is 0 Å². The Bertz CT molecular complexity index is 927. The van der Waals surface area contributed by atoms with Crippen LogP contribution in [0.4, 0.5) is 0 Å². The van der Waals surface area contributed by atoms with Gasteiger partial charge in [0.25, 0.3) is 0 Å². The van der Waals surface area contributed by atoms with Gasteiger partial charge in [0, 0.05) is 12.0 Å². The fraction of sp³-hybridized carbons (Fsp3) is 0.458. The summed E-state index contributed by atoms with van der Waals surface area (Å²) in [4.78, 5) is 12.2. The number of carbonyl (C=O) groups is 1. The molecule has 2 heterocycles. The molecule has 0 spiro atoms. The molecule has 5 N–H and O–H groups in total. The predicted octanol–water partition coefficient (Wildman–Crippen LogP) is -0.537. The van der Waals surface area contributed by atoms with Crippen LogP contribution in [-0.4, -0.2) is 87.8 Å². The molecule has 184 valence electrons. The highest BCUT2D eigenvalue weighted by Gasteiger charge is 2.49. The van der Waals surface area contributed by atoms with Gasteiger partial charge in [-0.2, -0.15) is 0 Å². The molecule has 0 saturated carbocycles. The van der Waals surface area contributed by atoms with E-state index < -0.39 is 67.5 Å². The fourth-order valence-corrected chi connectivity index (χ4v) is 4.29. The number of benzene rings is 1. The van der Waals surface area contributed by atoms with Gasteiger partial charge in [-0.05, 0) is 23.3 Å². The number of aliphatic hydroxyl groups excluding tert-OH is 5. The SMILES string of the molecule is O=C(/C=C/c1ccccc1)OCC1=C[C@H](O)[C@H]2C=CO[C@@H](O[C@@H]3O[C@@H](CO)[C@@H](O)[C@@H](O)[C@@H]3O)[C@H]12. The van der Waals surface area contributed by atoms with Gasteiger partial charge in [-0.15, -0.1) is 0 Å². The second-order valence-electron chi connectivity index (χ2n) is 8.35. The Morgan fingerprint density at radius 3 is 2.53 bits per heavy atom. The molecule has 0 aromatic heterocycles. The smallest absolute Gasteiger partial charge is 0.331 e. The highest BCUT2D eigenvalue weighted by Crippen LogP contribution is 2.41. The van der Waals surface area contributed by atoms with Gasteiger partial charge in [0.1, 0.15) is 31.0 Å². The first-order chi connectivity index (χ1) is 16.4. The lowest BCUT2D eigenvalue weighted by atomic mass is 9.88. The lowest BCUT2D eigenvalue weighted by molar-refractivity contribution is -0.339. The first-order valence-corrected chi connectivity index (χ1v) is 11.0. The van der Waals surface area contributed by atoms with Crippen LogP contribution in [0.2, 0.25) is 0 Å². The van der Waals surface area contributed by atoms with E-state index in [1.54, 1.807) is 18.2 Å². The van der Waals surface area contributed by atoms with Crippen molar-refractivity contribution >= 4 is 12.0 Å². The third-order valence-electron chi connectivity index (χ3n) is 6.14. The molecule has 10 nitrogen and oxygen atoms in total. The van der Waals surface area contributed by atoms with Crippen LogP contribution in [0.1, 0.15) is 5.56 Å². The van der Waals surface area contributed by atoms with Crippen LogP contribution in [0, 0.1) is 11.8 Å². The second kappa shape index (κ2) is 10.8. The summed E-state index contributed by atoms with van der Waals surface area (Å²) >= 11 is 0. The van der Waals surface area contributed by atoms with Crippen molar-refractivity contribution in [3.05, 3.63) is 66.0 Å². The van der Waals surface area contributed by atoms with Gasteiger partial charge >= 0.3 is 5.97 Å². The minimum absolute atomic E-state index is 0.123. The molecule has 0 amide bonds. The zero-order valence-corrected chi connectivity index (χ0v) is 18.2. The van der Waals surface area contributed by atoms with Crippen molar-refractivity contribution in [2.45, 2.75) is 43.1 Å². The van der Waals surface area contributed by atoms with E-state index in [1.165, 1.54) is 12.3 Å². The highest BCUT2D eigenvalue weighted by atomic mass is 16.8. The number of ether oxygens (including phenoxy) is 4. The largest absolute Gasteiger partial charge is 0.472 e. The van der Waals surface area contributed by atoms with E-state index in [2.05, 4.69) is 0 Å². The minimum Gasteiger partial charge on any atom is -0.472 e. The van der Waals surface area contributed by atoms with Crippen LogP contribution < -0.4 is 0 Å². The van der Waals surface area contributed by atoms with Crippen molar-refractivity contribution in [2.75, 3.05) is 13.2 Å². The molecule has 1 aliphatic carbocycles. The summed E-state index contributed by atoms with van der Waals surface area (Å²) in [5.74, 6) is -1.57. The first-order valence-electron chi connectivity index (χ1n) is 11.0. The Balaban J connectivity index is 1.41. The molecule has 4 rings (SSSR count). The molecular weight excluding hydrogens is 448 g/mol. The number of hydrogen-bond acceptors (Lipinski definition) is 10. The average Bonchev–Trinajstić information content (AvgIpc) is 3.18. The van der Waals surface area contributed by atoms with Crippen LogP contribution in [0.15, 0.2) is 60.4 Å². The van der Waals surface area contributed by atoms with Gasteiger partial charge in [0.15, 0.2) is 6.29 Å². The Morgan fingerprint density at radius 1 is 1.03 bits per heavy atom. The Kier molecular flexibility index (Phi) is 7.79. The third-order valence-corrected chi connectivity index (χ3v) is 6.14. The van der Waals surface area contributed by atoms with Crippen molar-refractivity contribution in [3.8, 4) is 0 Å². The maximum atomic E-state index is 12.2. The maximum absolute atomic E-state index is 12.2. The summed E-state index contributed by atoms with van der Waals surface area (Å²) in [6, 6.07) is 9.26. The standard InChI is InChI=1S/C24H28O10/c25-11-17-20(28)21(29)22(30)24(33-17)34-23-19-14(10-16(26)15(19)8-9-31-23)12-32-18(27)7-6-13-4-2-1-3-5-13/h1-10,15-17,19-26,28-30H,11-12H2/b7-6+/t15-,16+,17+,19-,20-,21-,22+,23+,24+/m1/s1. The third kappa shape index (κ3) is 5.23. The summed E-state index contributed by atoms with van der Waals surface area (Å²) in [5, 5.41) is 50.1. The number of fused-ring (bicyclic) bond motifs is 1. The molecule has 1 fully saturated rings. The molecule has 2 aliphatic heterocycles. The van der Waals surface area contributed by atoms with Gasteiger partial charge in [-0.3, -0.25) is 0 Å². The van der Waals surface area contributed by atoms with Crippen LogP contribution in [0.5, 0.6) is 0 Å². The normalized spacial score (nSPS) is 37.2. The molecule has 0 bridgehead atoms. The lowest BCUT2D eigenvalue weighted by Crippen LogP contribution is -2.60. The molecule has 3 aliphatic rings. The van der Waals surface area contributed by atoms with Crippen LogP contribution in [-0.2, 0) is 23.7 Å². The number of aliphatic hydroxyl groups is 5. The Morgan fingerprint density at radius 2 is 1.79 bits per heavy atom. The molecule has 0 radical (unpaired) electrons. The number of esters is 1. The quantitative estimate of drug-likeness (QED) is 0.197. The maximum Gasteiger partial charge on any atom is 0.331 e. The second-order valence-corrected chi connectivity index (χ2v) is 8.35. The summed E-state index contributed by atoms with van der Waals surface area (Å²) in [6.07, 6.45) is -1.72. The molecule has 10 heteroatoms.